The van der Waals surface area contributed by atoms with E-state index in [1.807, 2.05) is 11.5 Å². The first-order valence-electron chi connectivity index (χ1n) is 13.0. The molecule has 1 unspecified atom stereocenters. The number of aromatic nitrogens is 1. The summed E-state index contributed by atoms with van der Waals surface area (Å²) in [6, 6.07) is 13.1. The summed E-state index contributed by atoms with van der Waals surface area (Å²) >= 11 is 0. The Morgan fingerprint density at radius 3 is 2.35 bits per heavy atom. The lowest BCUT2D eigenvalue weighted by atomic mass is 10.1. The fourth-order valence-electron chi connectivity index (χ4n) is 5.46. The summed E-state index contributed by atoms with van der Waals surface area (Å²) < 4.78 is 29.6. The monoisotopic (exact) mass is 522 g/mol. The molecule has 0 spiro atoms. The maximum absolute atomic E-state index is 13.6. The van der Waals surface area contributed by atoms with E-state index in [2.05, 4.69) is 43.0 Å². The number of carbonyl (C=O) groups excluding carboxylic acids is 1. The largest absolute Gasteiger partial charge is 0.365 e. The highest BCUT2D eigenvalue weighted by Crippen LogP contribution is 2.25. The summed E-state index contributed by atoms with van der Waals surface area (Å²) in [4.78, 5) is 31.3. The van der Waals surface area contributed by atoms with Crippen LogP contribution in [0.2, 0.25) is 0 Å². The summed E-state index contributed by atoms with van der Waals surface area (Å²) in [5.41, 5.74) is 2.61. The molecular formula is C28H34N4O4S. The average Bonchev–Trinajstić information content (AvgIpc) is 3.45. The first-order chi connectivity index (χ1) is 17.7. The van der Waals surface area contributed by atoms with Gasteiger partial charge in [-0.15, -0.1) is 0 Å². The molecule has 5 rings (SSSR count). The van der Waals surface area contributed by atoms with E-state index in [0.29, 0.717) is 44.8 Å². The number of hydrogen-bond donors (Lipinski definition) is 0. The maximum Gasteiger partial charge on any atom is 0.259 e. The Labute approximate surface area is 218 Å². The quantitative estimate of drug-likeness (QED) is 0.513. The third kappa shape index (κ3) is 4.66. The molecule has 2 aromatic carbocycles. The van der Waals surface area contributed by atoms with Crippen LogP contribution in [0, 0.1) is 6.92 Å². The summed E-state index contributed by atoms with van der Waals surface area (Å²) in [5, 5.41) is 0.263. The molecule has 0 N–H and O–H groups in total. The third-order valence-electron chi connectivity index (χ3n) is 7.61. The number of hydrogen-bond acceptors (Lipinski definition) is 5. The van der Waals surface area contributed by atoms with Crippen LogP contribution >= 0.6 is 0 Å². The molecule has 37 heavy (non-hydrogen) atoms. The number of sulfonamides is 1. The predicted octanol–water partition coefficient (Wildman–Crippen LogP) is 3.47. The molecule has 0 saturated carbocycles. The lowest BCUT2D eigenvalue weighted by molar-refractivity contribution is 0.0724. The predicted molar refractivity (Wildman–Crippen MR) is 146 cm³/mol. The van der Waals surface area contributed by atoms with Gasteiger partial charge in [-0.2, -0.15) is 4.31 Å². The normalized spacial score (nSPS) is 19.1. The lowest BCUT2D eigenvalue weighted by Gasteiger charge is -2.41. The van der Waals surface area contributed by atoms with Crippen molar-refractivity contribution in [1.82, 2.24) is 13.8 Å². The van der Waals surface area contributed by atoms with Gasteiger partial charge in [-0.3, -0.25) is 9.59 Å². The third-order valence-corrected chi connectivity index (χ3v) is 9.50. The fourth-order valence-corrected chi connectivity index (χ4v) is 7.00. The molecule has 1 aromatic heterocycles. The van der Waals surface area contributed by atoms with Gasteiger partial charge in [0.25, 0.3) is 5.91 Å². The van der Waals surface area contributed by atoms with Gasteiger partial charge in [0.15, 0.2) is 0 Å². The van der Waals surface area contributed by atoms with Crippen LogP contribution in [0.3, 0.4) is 0 Å². The van der Waals surface area contributed by atoms with Gasteiger partial charge in [-0.25, -0.2) is 8.42 Å². The molecule has 8 nitrogen and oxygen atoms in total. The smallest absolute Gasteiger partial charge is 0.259 e. The molecule has 1 atom stereocenters. The maximum atomic E-state index is 13.6. The van der Waals surface area contributed by atoms with E-state index in [1.54, 1.807) is 23.2 Å². The van der Waals surface area contributed by atoms with Crippen molar-refractivity contribution in [3.63, 3.8) is 0 Å². The highest BCUT2D eigenvalue weighted by Gasteiger charge is 2.31. The number of aryl methyl sites for hydroxylation is 2. The zero-order chi connectivity index (χ0) is 26.3. The first kappa shape index (κ1) is 25.5. The zero-order valence-corrected chi connectivity index (χ0v) is 22.5. The van der Waals surface area contributed by atoms with Gasteiger partial charge >= 0.3 is 0 Å². The number of amides is 1. The van der Waals surface area contributed by atoms with Crippen molar-refractivity contribution < 1.29 is 13.2 Å². The van der Waals surface area contributed by atoms with Crippen LogP contribution in [0.15, 0.2) is 58.4 Å². The number of carbonyl (C=O) groups is 1. The van der Waals surface area contributed by atoms with E-state index >= 15 is 0 Å². The number of pyridine rings is 1. The molecule has 9 heteroatoms. The van der Waals surface area contributed by atoms with Crippen molar-refractivity contribution in [3.8, 4) is 0 Å². The molecule has 2 fully saturated rings. The number of piperazine rings is 1. The van der Waals surface area contributed by atoms with Crippen LogP contribution in [0.4, 0.5) is 5.69 Å². The molecule has 0 radical (unpaired) electrons. The second-order valence-corrected chi connectivity index (χ2v) is 12.0. The number of nitrogens with zero attached hydrogens (tertiary/aromatic N) is 4. The summed E-state index contributed by atoms with van der Waals surface area (Å²) in [6.07, 6.45) is 3.30. The van der Waals surface area contributed by atoms with Gasteiger partial charge in [-0.05, 0) is 63.9 Å². The van der Waals surface area contributed by atoms with Gasteiger partial charge in [-0.1, -0.05) is 17.7 Å². The van der Waals surface area contributed by atoms with Crippen LogP contribution < -0.4 is 10.3 Å². The van der Waals surface area contributed by atoms with Gasteiger partial charge in [0.2, 0.25) is 15.5 Å². The van der Waals surface area contributed by atoms with E-state index in [4.69, 9.17) is 0 Å². The molecule has 196 valence electrons. The van der Waals surface area contributed by atoms with Crippen molar-refractivity contribution >= 4 is 32.5 Å². The fraction of sp³-hybridized carbons (Fsp3) is 0.429. The summed E-state index contributed by atoms with van der Waals surface area (Å²) in [6.45, 7) is 9.28. The van der Waals surface area contributed by atoms with E-state index in [9.17, 15) is 18.0 Å². The van der Waals surface area contributed by atoms with Gasteiger partial charge in [0.05, 0.1) is 10.4 Å². The van der Waals surface area contributed by atoms with Crippen LogP contribution in [0.1, 0.15) is 42.6 Å². The standard InChI is InChI=1S/C28H34N4O4S/c1-4-29-19-25(28(34)30-15-16-32(21(3)18-30)22-9-7-20(2)8-10-22)27(33)24-17-23(11-12-26(24)29)37(35,36)31-13-5-6-14-31/h7-12,17,19,21H,4-6,13-16,18H2,1-3H3. The summed E-state index contributed by atoms with van der Waals surface area (Å²) in [7, 11) is -3.68. The van der Waals surface area contributed by atoms with E-state index in [1.165, 1.54) is 15.9 Å². The van der Waals surface area contributed by atoms with E-state index < -0.39 is 15.5 Å². The molecule has 1 amide bonds. The van der Waals surface area contributed by atoms with E-state index in [-0.39, 0.29) is 27.8 Å². The van der Waals surface area contributed by atoms with Crippen molar-refractivity contribution in [2.75, 3.05) is 37.6 Å². The second-order valence-electron chi connectivity index (χ2n) is 10.1. The average molecular weight is 523 g/mol. The molecule has 2 saturated heterocycles. The minimum absolute atomic E-state index is 0.0843. The Bertz CT molecular complexity index is 1490. The number of anilines is 1. The van der Waals surface area contributed by atoms with Crippen LogP contribution in [0.5, 0.6) is 0 Å². The Hall–Kier alpha value is -3.17. The van der Waals surface area contributed by atoms with Crippen LogP contribution in [-0.2, 0) is 16.6 Å². The number of rotatable bonds is 5. The molecule has 0 aliphatic carbocycles. The second kappa shape index (κ2) is 9.95. The Morgan fingerprint density at radius 1 is 1.00 bits per heavy atom. The Morgan fingerprint density at radius 2 is 1.70 bits per heavy atom. The molecule has 2 aliphatic heterocycles. The molecule has 0 bridgehead atoms. The van der Waals surface area contributed by atoms with Crippen molar-refractivity contribution in [2.45, 2.75) is 51.1 Å². The SMILES string of the molecule is CCn1cc(C(=O)N2CCN(c3ccc(C)cc3)C(C)C2)c(=O)c2cc(S(=O)(=O)N3CCCC3)ccc21. The topological polar surface area (TPSA) is 82.9 Å². The Kier molecular flexibility index (Phi) is 6.85. The van der Waals surface area contributed by atoms with Crippen molar-refractivity contribution in [3.05, 3.63) is 70.0 Å². The van der Waals surface area contributed by atoms with Gasteiger partial charge in [0, 0.05) is 62.6 Å². The van der Waals surface area contributed by atoms with Gasteiger partial charge < -0.3 is 14.4 Å². The highest BCUT2D eigenvalue weighted by atomic mass is 32.2. The molecule has 2 aliphatic rings. The van der Waals surface area contributed by atoms with Crippen molar-refractivity contribution in [1.29, 1.82) is 0 Å². The highest BCUT2D eigenvalue weighted by molar-refractivity contribution is 7.89. The zero-order valence-electron chi connectivity index (χ0n) is 21.7. The molecule has 3 heterocycles. The lowest BCUT2D eigenvalue weighted by Crippen LogP contribution is -2.54. The van der Waals surface area contributed by atoms with Crippen LogP contribution in [0.25, 0.3) is 10.9 Å². The van der Waals surface area contributed by atoms with Gasteiger partial charge in [0.1, 0.15) is 5.56 Å². The first-order valence-corrected chi connectivity index (χ1v) is 14.4. The molecular weight excluding hydrogens is 488 g/mol. The van der Waals surface area contributed by atoms with Crippen LogP contribution in [-0.4, -0.2) is 66.9 Å². The number of fused-ring (bicyclic) bond motifs is 1. The Balaban J connectivity index is 1.47. The minimum Gasteiger partial charge on any atom is -0.365 e. The van der Waals surface area contributed by atoms with Crippen molar-refractivity contribution in [2.24, 2.45) is 0 Å². The minimum atomic E-state index is -3.68. The molecule has 3 aromatic rings. The van der Waals surface area contributed by atoms with E-state index in [0.717, 1.165) is 18.5 Å². The summed E-state index contributed by atoms with van der Waals surface area (Å²) in [5.74, 6) is -0.308. The number of benzene rings is 2.